The summed E-state index contributed by atoms with van der Waals surface area (Å²) in [5.41, 5.74) is 0. The lowest BCUT2D eigenvalue weighted by molar-refractivity contribution is 0.0498. The topological polar surface area (TPSA) is 12.5 Å². The summed E-state index contributed by atoms with van der Waals surface area (Å²) in [6.45, 7) is 8.54. The first-order chi connectivity index (χ1) is 5.43. The molecule has 0 unspecified atom stereocenters. The lowest BCUT2D eigenvalue weighted by Gasteiger charge is -2.25. The second-order valence-electron chi connectivity index (χ2n) is 2.97. The van der Waals surface area contributed by atoms with Crippen LogP contribution in [0.1, 0.15) is 26.2 Å². The van der Waals surface area contributed by atoms with E-state index >= 15 is 0 Å². The van der Waals surface area contributed by atoms with E-state index in [4.69, 9.17) is 4.74 Å². The third-order valence-corrected chi connectivity index (χ3v) is 1.99. The minimum absolute atomic E-state index is 0.905. The first kappa shape index (κ1) is 9.01. The Morgan fingerprint density at radius 3 is 2.73 bits per heavy atom. The summed E-state index contributed by atoms with van der Waals surface area (Å²) in [5.74, 6) is 0. The van der Waals surface area contributed by atoms with Crippen molar-refractivity contribution in [3.8, 4) is 0 Å². The lowest BCUT2D eigenvalue weighted by atomic mass is 10.2. The van der Waals surface area contributed by atoms with Crippen molar-refractivity contribution >= 4 is 0 Å². The van der Waals surface area contributed by atoms with Gasteiger partial charge in [-0.3, -0.25) is 4.90 Å². The van der Waals surface area contributed by atoms with Gasteiger partial charge in [-0.2, -0.15) is 0 Å². The van der Waals surface area contributed by atoms with E-state index in [0.29, 0.717) is 0 Å². The van der Waals surface area contributed by atoms with Crippen molar-refractivity contribution in [1.29, 1.82) is 0 Å². The van der Waals surface area contributed by atoms with Crippen molar-refractivity contribution in [2.24, 2.45) is 0 Å². The summed E-state index contributed by atoms with van der Waals surface area (Å²) < 4.78 is 5.24. The van der Waals surface area contributed by atoms with Crippen LogP contribution in [-0.2, 0) is 4.74 Å². The average molecular weight is 156 g/mol. The number of morpholine rings is 1. The van der Waals surface area contributed by atoms with Crippen LogP contribution in [0.4, 0.5) is 0 Å². The molecule has 65 valence electrons. The van der Waals surface area contributed by atoms with Crippen LogP contribution in [0.2, 0.25) is 0 Å². The Balaban J connectivity index is 1.96. The first-order valence-corrected chi connectivity index (χ1v) is 4.58. The molecule has 2 nitrogen and oxygen atoms in total. The van der Waals surface area contributed by atoms with Gasteiger partial charge in [-0.05, 0) is 6.42 Å². The van der Waals surface area contributed by atoms with Gasteiger partial charge >= 0.3 is 0 Å². The molecule has 11 heavy (non-hydrogen) atoms. The van der Waals surface area contributed by atoms with Crippen LogP contribution >= 0.6 is 0 Å². The Morgan fingerprint density at radius 1 is 1.36 bits per heavy atom. The molecule has 1 rings (SSSR count). The summed E-state index contributed by atoms with van der Waals surface area (Å²) >= 11 is 0. The van der Waals surface area contributed by atoms with Crippen LogP contribution in [0.15, 0.2) is 0 Å². The van der Waals surface area contributed by atoms with Gasteiger partial charge in [0.05, 0.1) is 13.2 Å². The van der Waals surface area contributed by atoms with Crippen molar-refractivity contribution in [3.63, 3.8) is 0 Å². The van der Waals surface area contributed by atoms with E-state index < -0.39 is 0 Å². The fraction of sp³-hybridized carbons (Fsp3) is 0.889. The van der Waals surface area contributed by atoms with E-state index in [-0.39, 0.29) is 0 Å². The molecule has 0 bridgehead atoms. The largest absolute Gasteiger partial charge is 0.379 e. The van der Waals surface area contributed by atoms with Gasteiger partial charge in [0.15, 0.2) is 0 Å². The van der Waals surface area contributed by atoms with E-state index in [1.165, 1.54) is 19.3 Å². The highest BCUT2D eigenvalue weighted by atomic mass is 16.5. The van der Waals surface area contributed by atoms with E-state index in [1.807, 2.05) is 0 Å². The molecule has 0 amide bonds. The standard InChI is InChI=1S/C9H18NO/c1-2-3-4-5-10-6-8-11-9-7-10/h5H,2-4,6-9H2,1H3. The van der Waals surface area contributed by atoms with Crippen molar-refractivity contribution < 1.29 is 4.74 Å². The zero-order valence-corrected chi connectivity index (χ0v) is 7.38. The molecule has 1 aliphatic rings. The third-order valence-electron chi connectivity index (χ3n) is 1.99. The summed E-state index contributed by atoms with van der Waals surface area (Å²) in [6, 6.07) is 0. The molecule has 0 N–H and O–H groups in total. The van der Waals surface area contributed by atoms with Gasteiger partial charge in [0.25, 0.3) is 0 Å². The van der Waals surface area contributed by atoms with Crippen molar-refractivity contribution in [2.75, 3.05) is 26.3 Å². The molecule has 0 saturated carbocycles. The minimum atomic E-state index is 0.905. The molecule has 2 heteroatoms. The van der Waals surface area contributed by atoms with Gasteiger partial charge in [0, 0.05) is 19.6 Å². The highest BCUT2D eigenvalue weighted by Gasteiger charge is 2.08. The van der Waals surface area contributed by atoms with Gasteiger partial charge in [-0.1, -0.05) is 19.8 Å². The number of unbranched alkanes of at least 4 members (excludes halogenated alkanes) is 2. The minimum Gasteiger partial charge on any atom is -0.379 e. The molecular formula is C9H18NO. The van der Waals surface area contributed by atoms with Crippen molar-refractivity contribution in [2.45, 2.75) is 26.2 Å². The molecule has 1 aliphatic heterocycles. The van der Waals surface area contributed by atoms with Crippen LogP contribution in [0.25, 0.3) is 0 Å². The maximum Gasteiger partial charge on any atom is 0.0594 e. The summed E-state index contributed by atoms with van der Waals surface area (Å²) in [5, 5.41) is 0. The van der Waals surface area contributed by atoms with E-state index in [1.54, 1.807) is 0 Å². The van der Waals surface area contributed by atoms with Crippen LogP contribution in [0.5, 0.6) is 0 Å². The second-order valence-corrected chi connectivity index (χ2v) is 2.97. The molecule has 1 saturated heterocycles. The highest BCUT2D eigenvalue weighted by molar-refractivity contribution is 4.70. The van der Waals surface area contributed by atoms with E-state index in [9.17, 15) is 0 Å². The summed E-state index contributed by atoms with van der Waals surface area (Å²) in [4.78, 5) is 2.37. The number of ether oxygens (including phenoxy) is 1. The molecule has 1 heterocycles. The Labute approximate surface area is 69.5 Å². The van der Waals surface area contributed by atoms with Crippen LogP contribution < -0.4 is 0 Å². The average Bonchev–Trinajstić information content (AvgIpc) is 2.07. The van der Waals surface area contributed by atoms with Gasteiger partial charge in [0.1, 0.15) is 0 Å². The Kier molecular flexibility index (Phi) is 4.55. The summed E-state index contributed by atoms with van der Waals surface area (Å²) in [7, 11) is 0. The predicted octanol–water partition coefficient (Wildman–Crippen LogP) is 1.67. The Hall–Kier alpha value is -0.0800. The maximum absolute atomic E-state index is 5.24. The molecule has 0 aromatic carbocycles. The SMILES string of the molecule is CCCC[CH]N1CCOCC1. The third kappa shape index (κ3) is 3.73. The fourth-order valence-electron chi connectivity index (χ4n) is 1.24. The second kappa shape index (κ2) is 5.56. The molecule has 0 aromatic heterocycles. The molecule has 1 fully saturated rings. The zero-order valence-electron chi connectivity index (χ0n) is 7.38. The molecule has 0 atom stereocenters. The molecule has 0 aliphatic carbocycles. The van der Waals surface area contributed by atoms with Gasteiger partial charge in [-0.15, -0.1) is 0 Å². The number of rotatable bonds is 4. The van der Waals surface area contributed by atoms with Crippen LogP contribution in [0.3, 0.4) is 0 Å². The van der Waals surface area contributed by atoms with Crippen molar-refractivity contribution in [3.05, 3.63) is 6.54 Å². The van der Waals surface area contributed by atoms with E-state index in [0.717, 1.165) is 26.3 Å². The number of hydrogen-bond donors (Lipinski definition) is 0. The summed E-state index contributed by atoms with van der Waals surface area (Å²) in [6.07, 6.45) is 3.84. The smallest absolute Gasteiger partial charge is 0.0594 e. The predicted molar refractivity (Wildman–Crippen MR) is 46.2 cm³/mol. The van der Waals surface area contributed by atoms with Gasteiger partial charge in [0.2, 0.25) is 0 Å². The lowest BCUT2D eigenvalue weighted by Crippen LogP contribution is -2.34. The van der Waals surface area contributed by atoms with Crippen LogP contribution in [0, 0.1) is 6.54 Å². The van der Waals surface area contributed by atoms with Crippen LogP contribution in [-0.4, -0.2) is 31.2 Å². The zero-order chi connectivity index (χ0) is 7.94. The fourth-order valence-corrected chi connectivity index (χ4v) is 1.24. The first-order valence-electron chi connectivity index (χ1n) is 4.58. The Morgan fingerprint density at radius 2 is 2.09 bits per heavy atom. The van der Waals surface area contributed by atoms with Gasteiger partial charge in [-0.25, -0.2) is 0 Å². The molecule has 0 aromatic rings. The molecule has 0 spiro atoms. The monoisotopic (exact) mass is 156 g/mol. The van der Waals surface area contributed by atoms with Gasteiger partial charge < -0.3 is 4.74 Å². The highest BCUT2D eigenvalue weighted by Crippen LogP contribution is 2.05. The van der Waals surface area contributed by atoms with Crippen molar-refractivity contribution in [1.82, 2.24) is 4.90 Å². The maximum atomic E-state index is 5.24. The quantitative estimate of drug-likeness (QED) is 0.574. The Bertz CT molecular complexity index is 89.6. The number of nitrogens with zero attached hydrogens (tertiary/aromatic N) is 1. The van der Waals surface area contributed by atoms with E-state index in [2.05, 4.69) is 18.4 Å². The molecular weight excluding hydrogens is 138 g/mol. The normalized spacial score (nSPS) is 20.5. The molecule has 1 radical (unpaired) electrons. The number of hydrogen-bond acceptors (Lipinski definition) is 2.